The van der Waals surface area contributed by atoms with E-state index in [9.17, 15) is 9.59 Å². The van der Waals surface area contributed by atoms with Crippen LogP contribution in [0.3, 0.4) is 0 Å². The van der Waals surface area contributed by atoms with Gasteiger partial charge in [0, 0.05) is 0 Å². The molecular formula is C11H21LiO4. The quantitative estimate of drug-likeness (QED) is 0.365. The van der Waals surface area contributed by atoms with E-state index in [1.807, 2.05) is 0 Å². The first-order valence-electron chi connectivity index (χ1n) is 5.20. The molecule has 0 saturated carbocycles. The Kier molecular flexibility index (Phi) is 19.0. The fraction of sp³-hybridized carbons (Fsp3) is 0.727. The molecular weight excluding hydrogens is 203 g/mol. The van der Waals surface area contributed by atoms with Gasteiger partial charge in [0.15, 0.2) is 0 Å². The smallest absolute Gasteiger partial charge is 0.481 e. The van der Waals surface area contributed by atoms with Crippen molar-refractivity contribution < 1.29 is 38.7 Å². The first kappa shape index (κ1) is 20.9. The molecule has 16 heavy (non-hydrogen) atoms. The molecule has 90 valence electrons. The number of carboxylic acids is 2. The second-order valence-electron chi connectivity index (χ2n) is 3.25. The molecule has 0 aliphatic rings. The minimum atomic E-state index is -1.31. The number of rotatable bonds is 6. The van der Waals surface area contributed by atoms with Crippen LogP contribution in [0.1, 0.15) is 46.5 Å². The Morgan fingerprint density at radius 3 is 1.69 bits per heavy atom. The molecule has 2 N–H and O–H groups in total. The molecule has 4 nitrogen and oxygen atoms in total. The van der Waals surface area contributed by atoms with Gasteiger partial charge in [0.2, 0.25) is 0 Å². The molecule has 0 aromatic rings. The maximum Gasteiger partial charge on any atom is 1.00 e. The van der Waals surface area contributed by atoms with Gasteiger partial charge in [-0.1, -0.05) is 33.1 Å². The third-order valence-electron chi connectivity index (χ3n) is 1.96. The van der Waals surface area contributed by atoms with E-state index in [2.05, 4.69) is 27.2 Å². The summed E-state index contributed by atoms with van der Waals surface area (Å²) in [5.41, 5.74) is 0. The van der Waals surface area contributed by atoms with Gasteiger partial charge >= 0.3 is 30.8 Å². The Hall–Kier alpha value is -0.463. The molecule has 0 aliphatic carbocycles. The van der Waals surface area contributed by atoms with Crippen LogP contribution in [0, 0.1) is 12.3 Å². The SMILES string of the molecule is C[CH-]C(CC)CCC.O=C(O)CC(=O)O.[Li+]. The monoisotopic (exact) mass is 224 g/mol. The average Bonchev–Trinajstić information content (AvgIpc) is 2.13. The topological polar surface area (TPSA) is 74.6 Å². The van der Waals surface area contributed by atoms with Crippen molar-refractivity contribution in [2.45, 2.75) is 46.5 Å². The number of carboxylic acid groups (broad SMARTS) is 2. The Balaban J connectivity index is -0.000000200. The van der Waals surface area contributed by atoms with Crippen LogP contribution in [0.15, 0.2) is 0 Å². The van der Waals surface area contributed by atoms with Crippen LogP contribution >= 0.6 is 0 Å². The number of hydrogen-bond acceptors (Lipinski definition) is 2. The first-order valence-corrected chi connectivity index (χ1v) is 5.20. The molecule has 0 radical (unpaired) electrons. The van der Waals surface area contributed by atoms with Crippen molar-refractivity contribution in [1.29, 1.82) is 0 Å². The van der Waals surface area contributed by atoms with Crippen molar-refractivity contribution in [3.63, 3.8) is 0 Å². The van der Waals surface area contributed by atoms with Crippen molar-refractivity contribution in [2.75, 3.05) is 0 Å². The van der Waals surface area contributed by atoms with Gasteiger partial charge in [-0.25, -0.2) is 0 Å². The van der Waals surface area contributed by atoms with Crippen molar-refractivity contribution in [1.82, 2.24) is 0 Å². The summed E-state index contributed by atoms with van der Waals surface area (Å²) < 4.78 is 0. The molecule has 0 rings (SSSR count). The molecule has 1 unspecified atom stereocenters. The van der Waals surface area contributed by atoms with Crippen LogP contribution in [0.5, 0.6) is 0 Å². The summed E-state index contributed by atoms with van der Waals surface area (Å²) in [6.07, 6.45) is 5.50. The first-order chi connectivity index (χ1) is 6.97. The zero-order chi connectivity index (χ0) is 12.3. The molecule has 5 heteroatoms. The van der Waals surface area contributed by atoms with E-state index < -0.39 is 18.4 Å². The fourth-order valence-electron chi connectivity index (χ4n) is 1.11. The maximum absolute atomic E-state index is 9.43. The van der Waals surface area contributed by atoms with Crippen molar-refractivity contribution in [3.8, 4) is 0 Å². The normalized spacial score (nSPS) is 10.4. The van der Waals surface area contributed by atoms with Gasteiger partial charge in [-0.05, 0) is 0 Å². The van der Waals surface area contributed by atoms with Crippen LogP contribution in [0.4, 0.5) is 0 Å². The van der Waals surface area contributed by atoms with Gasteiger partial charge in [-0.15, -0.1) is 0 Å². The van der Waals surface area contributed by atoms with Gasteiger partial charge in [0.1, 0.15) is 6.42 Å². The molecule has 0 amide bonds. The fourth-order valence-corrected chi connectivity index (χ4v) is 1.11. The second-order valence-corrected chi connectivity index (χ2v) is 3.25. The molecule has 0 heterocycles. The third kappa shape index (κ3) is 19.2. The van der Waals surface area contributed by atoms with Crippen LogP contribution < -0.4 is 18.9 Å². The van der Waals surface area contributed by atoms with E-state index in [-0.39, 0.29) is 18.9 Å². The summed E-state index contributed by atoms with van der Waals surface area (Å²) in [4.78, 5) is 18.9. The van der Waals surface area contributed by atoms with Crippen LogP contribution in [0.25, 0.3) is 0 Å². The Bertz CT molecular complexity index is 167. The number of hydrogen-bond donors (Lipinski definition) is 2. The Labute approximate surface area is 110 Å². The third-order valence-corrected chi connectivity index (χ3v) is 1.96. The second kappa shape index (κ2) is 14.5. The minimum absolute atomic E-state index is 0. The predicted octanol–water partition coefficient (Wildman–Crippen LogP) is -0.413. The Morgan fingerprint density at radius 1 is 1.19 bits per heavy atom. The molecule has 0 bridgehead atoms. The van der Waals surface area contributed by atoms with Crippen LogP contribution in [0.2, 0.25) is 0 Å². The summed E-state index contributed by atoms with van der Waals surface area (Å²) in [5, 5.41) is 15.4. The van der Waals surface area contributed by atoms with Crippen LogP contribution in [-0.4, -0.2) is 22.2 Å². The van der Waals surface area contributed by atoms with Crippen molar-refractivity contribution in [3.05, 3.63) is 6.42 Å². The molecule has 0 spiro atoms. The summed E-state index contributed by atoms with van der Waals surface area (Å²) in [6.45, 7) is 6.65. The van der Waals surface area contributed by atoms with Crippen molar-refractivity contribution in [2.24, 2.45) is 5.92 Å². The number of carbonyl (C=O) groups is 2. The molecule has 1 atom stereocenters. The minimum Gasteiger partial charge on any atom is -0.481 e. The van der Waals surface area contributed by atoms with E-state index in [1.54, 1.807) is 0 Å². The van der Waals surface area contributed by atoms with E-state index in [0.29, 0.717) is 0 Å². The zero-order valence-electron chi connectivity index (χ0n) is 10.7. The van der Waals surface area contributed by atoms with Gasteiger partial charge in [-0.3, -0.25) is 9.59 Å². The molecule has 0 aliphatic heterocycles. The van der Waals surface area contributed by atoms with Gasteiger partial charge in [0.05, 0.1) is 0 Å². The summed E-state index contributed by atoms with van der Waals surface area (Å²) in [6, 6.07) is 0. The Morgan fingerprint density at radius 2 is 1.62 bits per heavy atom. The molecule has 0 aromatic carbocycles. The van der Waals surface area contributed by atoms with E-state index >= 15 is 0 Å². The van der Waals surface area contributed by atoms with Gasteiger partial charge in [-0.2, -0.15) is 12.8 Å². The van der Waals surface area contributed by atoms with E-state index in [1.165, 1.54) is 19.3 Å². The summed E-state index contributed by atoms with van der Waals surface area (Å²) in [7, 11) is 0. The standard InChI is InChI=1S/C8H17.C3H4O4.Li/c1-4-7-8(5-2)6-3;4-2(5)1-3(6)7;/h5,8H,4,6-7H2,1-3H3;1H2,(H,4,5)(H,6,7);/q-1;;+1. The predicted molar refractivity (Wildman–Crippen MR) is 58.6 cm³/mol. The van der Waals surface area contributed by atoms with Crippen LogP contribution in [-0.2, 0) is 9.59 Å². The van der Waals surface area contributed by atoms with E-state index in [4.69, 9.17) is 10.2 Å². The largest absolute Gasteiger partial charge is 1.00 e. The zero-order valence-corrected chi connectivity index (χ0v) is 10.7. The maximum atomic E-state index is 9.43. The van der Waals surface area contributed by atoms with Crippen molar-refractivity contribution >= 4 is 11.9 Å². The number of aliphatic carboxylic acids is 2. The molecule has 0 fully saturated rings. The average molecular weight is 224 g/mol. The molecule has 0 aromatic heterocycles. The summed E-state index contributed by atoms with van der Waals surface area (Å²) >= 11 is 0. The summed E-state index contributed by atoms with van der Waals surface area (Å²) in [5.74, 6) is -1.75. The van der Waals surface area contributed by atoms with E-state index in [0.717, 1.165) is 5.92 Å². The molecule has 0 saturated heterocycles. The van der Waals surface area contributed by atoms with Gasteiger partial charge < -0.3 is 16.6 Å². The van der Waals surface area contributed by atoms with Gasteiger partial charge in [0.25, 0.3) is 0 Å².